The van der Waals surface area contributed by atoms with Crippen molar-refractivity contribution in [2.75, 3.05) is 0 Å². The van der Waals surface area contributed by atoms with Crippen molar-refractivity contribution in [1.82, 2.24) is 0 Å². The topological polar surface area (TPSA) is 0 Å². The number of hydrogen-bond donors (Lipinski definition) is 0. The molecule has 0 nitrogen and oxygen atoms in total. The lowest BCUT2D eigenvalue weighted by Gasteiger charge is -2.05. The van der Waals surface area contributed by atoms with E-state index in [1.54, 1.807) is 0 Å². The highest BCUT2D eigenvalue weighted by atomic mass is 14.0. The van der Waals surface area contributed by atoms with Gasteiger partial charge in [0.2, 0.25) is 0 Å². The maximum atomic E-state index is 3.63. The Morgan fingerprint density at radius 1 is 1.00 bits per heavy atom. The highest BCUT2D eigenvalue weighted by Gasteiger charge is 1.95. The minimum absolute atomic E-state index is 1.11. The van der Waals surface area contributed by atoms with Crippen molar-refractivity contribution in [3.63, 3.8) is 0 Å². The van der Waals surface area contributed by atoms with Crippen molar-refractivity contribution in [1.29, 1.82) is 0 Å². The normalized spacial score (nSPS) is 11.8. The van der Waals surface area contributed by atoms with Gasteiger partial charge in [-0.05, 0) is 30.0 Å². The Bertz CT molecular complexity index is 369. The average molecular weight is 272 g/mol. The quantitative estimate of drug-likeness (QED) is 0.530. The van der Waals surface area contributed by atoms with Gasteiger partial charge in [0.05, 0.1) is 0 Å². The van der Waals surface area contributed by atoms with Gasteiger partial charge >= 0.3 is 0 Å². The second kappa shape index (κ2) is 12.8. The summed E-state index contributed by atoms with van der Waals surface area (Å²) in [7, 11) is 0. The molecule has 1 aliphatic carbocycles. The predicted molar refractivity (Wildman–Crippen MR) is 93.1 cm³/mol. The summed E-state index contributed by atoms with van der Waals surface area (Å²) in [5.41, 5.74) is 6.64. The lowest BCUT2D eigenvalue weighted by Crippen LogP contribution is -1.85. The van der Waals surface area contributed by atoms with Gasteiger partial charge in [0.25, 0.3) is 0 Å². The molecule has 1 saturated carbocycles. The van der Waals surface area contributed by atoms with Crippen LogP contribution in [0.25, 0.3) is 5.57 Å². The van der Waals surface area contributed by atoms with Crippen LogP contribution in [-0.4, -0.2) is 0 Å². The molecular weight excluding hydrogens is 240 g/mol. The standard InChI is InChI=1S/C13H16.C4H8.C3H8/c1-4-6-12-7-9-13(10-8-12)11(3)5-2;1-2-4-3-1;1-3-2/h7-10H,2,4,6H2,1,3H3;1-4H2;3H2,1-2H3. The van der Waals surface area contributed by atoms with E-state index in [-0.39, 0.29) is 0 Å². The van der Waals surface area contributed by atoms with Crippen molar-refractivity contribution in [3.05, 3.63) is 47.7 Å². The molecule has 0 aromatic heterocycles. The zero-order chi connectivity index (χ0) is 15.2. The van der Waals surface area contributed by atoms with Crippen LogP contribution < -0.4 is 0 Å². The van der Waals surface area contributed by atoms with Gasteiger partial charge < -0.3 is 0 Å². The van der Waals surface area contributed by atoms with Gasteiger partial charge in [-0.15, -0.1) is 5.73 Å². The van der Waals surface area contributed by atoms with Gasteiger partial charge in [0.1, 0.15) is 0 Å². The Balaban J connectivity index is 0.000000423. The van der Waals surface area contributed by atoms with Gasteiger partial charge in [-0.25, -0.2) is 0 Å². The SMILES string of the molecule is C1CCC1.C=C=C(C)c1ccc(CCC)cc1.CCC. The number of allylic oxidation sites excluding steroid dienone is 1. The van der Waals surface area contributed by atoms with E-state index in [1.807, 2.05) is 6.92 Å². The molecule has 0 spiro atoms. The first kappa shape index (κ1) is 18.7. The van der Waals surface area contributed by atoms with Gasteiger partial charge in [-0.2, -0.15) is 0 Å². The van der Waals surface area contributed by atoms with Crippen molar-refractivity contribution < 1.29 is 0 Å². The van der Waals surface area contributed by atoms with Crippen LogP contribution in [0.1, 0.15) is 77.3 Å². The van der Waals surface area contributed by atoms with Gasteiger partial charge in [0.15, 0.2) is 0 Å². The molecule has 0 radical (unpaired) electrons. The minimum Gasteiger partial charge on any atom is -0.125 e. The first-order chi connectivity index (χ1) is 9.69. The van der Waals surface area contributed by atoms with Crippen LogP contribution in [0.2, 0.25) is 0 Å². The molecule has 1 fully saturated rings. The van der Waals surface area contributed by atoms with E-state index in [2.05, 4.69) is 57.3 Å². The summed E-state index contributed by atoms with van der Waals surface area (Å²) < 4.78 is 0. The minimum atomic E-state index is 1.11. The molecule has 0 saturated heterocycles. The molecule has 0 unspecified atom stereocenters. The summed E-state index contributed by atoms with van der Waals surface area (Å²) in [5, 5.41) is 0. The lowest BCUT2D eigenvalue weighted by atomic mass is 10.0. The summed E-state index contributed by atoms with van der Waals surface area (Å²) >= 11 is 0. The Kier molecular flexibility index (Phi) is 12.0. The summed E-state index contributed by atoms with van der Waals surface area (Å²) in [6.45, 7) is 12.1. The molecule has 0 heterocycles. The molecule has 0 heteroatoms. The van der Waals surface area contributed by atoms with E-state index in [9.17, 15) is 0 Å². The number of rotatable bonds is 3. The molecule has 0 amide bonds. The number of benzene rings is 1. The van der Waals surface area contributed by atoms with Gasteiger partial charge in [0, 0.05) is 0 Å². The van der Waals surface area contributed by atoms with Crippen LogP contribution in [0.15, 0.2) is 36.6 Å². The van der Waals surface area contributed by atoms with Crippen LogP contribution in [0, 0.1) is 0 Å². The van der Waals surface area contributed by atoms with Crippen molar-refractivity contribution in [2.24, 2.45) is 0 Å². The summed E-state index contributed by atoms with van der Waals surface area (Å²) in [5.74, 6) is 0. The molecular formula is C20H32. The second-order valence-corrected chi connectivity index (χ2v) is 5.37. The van der Waals surface area contributed by atoms with E-state index in [1.165, 1.54) is 49.7 Å². The zero-order valence-electron chi connectivity index (χ0n) is 14.0. The molecule has 1 aromatic rings. The zero-order valence-corrected chi connectivity index (χ0v) is 14.0. The Hall–Kier alpha value is -1.26. The summed E-state index contributed by atoms with van der Waals surface area (Å²) in [6.07, 6.45) is 9.62. The fraction of sp³-hybridized carbons (Fsp3) is 0.550. The van der Waals surface area contributed by atoms with Crippen LogP contribution in [0.4, 0.5) is 0 Å². The molecule has 0 atom stereocenters. The molecule has 0 bridgehead atoms. The fourth-order valence-corrected chi connectivity index (χ4v) is 1.56. The summed E-state index contributed by atoms with van der Waals surface area (Å²) in [4.78, 5) is 0. The average Bonchev–Trinajstić information content (AvgIpc) is 2.38. The van der Waals surface area contributed by atoms with E-state index in [0.717, 1.165) is 12.0 Å². The van der Waals surface area contributed by atoms with Crippen LogP contribution in [0.5, 0.6) is 0 Å². The third kappa shape index (κ3) is 8.77. The molecule has 1 aliphatic rings. The Labute approximate surface area is 126 Å². The maximum Gasteiger partial charge on any atom is -0.00252 e. The molecule has 2 rings (SSSR count). The van der Waals surface area contributed by atoms with Crippen LogP contribution in [-0.2, 0) is 6.42 Å². The van der Waals surface area contributed by atoms with E-state index < -0.39 is 0 Å². The molecule has 20 heavy (non-hydrogen) atoms. The van der Waals surface area contributed by atoms with E-state index in [0.29, 0.717) is 0 Å². The molecule has 0 aliphatic heterocycles. The molecule has 112 valence electrons. The number of hydrogen-bond acceptors (Lipinski definition) is 0. The van der Waals surface area contributed by atoms with E-state index in [4.69, 9.17) is 0 Å². The first-order valence-corrected chi connectivity index (χ1v) is 8.15. The smallest absolute Gasteiger partial charge is 0.00252 e. The third-order valence-corrected chi connectivity index (χ3v) is 3.19. The number of aryl methyl sites for hydroxylation is 1. The Morgan fingerprint density at radius 3 is 1.75 bits per heavy atom. The first-order valence-electron chi connectivity index (χ1n) is 8.15. The highest BCUT2D eigenvalue weighted by molar-refractivity contribution is 5.62. The maximum absolute atomic E-state index is 3.63. The fourth-order valence-electron chi connectivity index (χ4n) is 1.56. The third-order valence-electron chi connectivity index (χ3n) is 3.19. The molecule has 0 N–H and O–H groups in total. The van der Waals surface area contributed by atoms with Crippen molar-refractivity contribution in [3.8, 4) is 0 Å². The van der Waals surface area contributed by atoms with Gasteiger partial charge in [-0.1, -0.05) is 90.1 Å². The van der Waals surface area contributed by atoms with Crippen LogP contribution in [0.3, 0.4) is 0 Å². The monoisotopic (exact) mass is 272 g/mol. The largest absolute Gasteiger partial charge is 0.125 e. The predicted octanol–water partition coefficient (Wildman–Crippen LogP) is 6.80. The van der Waals surface area contributed by atoms with Crippen molar-refractivity contribution in [2.45, 2.75) is 72.6 Å². The highest BCUT2D eigenvalue weighted by Crippen LogP contribution is 2.15. The Morgan fingerprint density at radius 2 is 1.45 bits per heavy atom. The second-order valence-electron chi connectivity index (χ2n) is 5.37. The van der Waals surface area contributed by atoms with E-state index >= 15 is 0 Å². The summed E-state index contributed by atoms with van der Waals surface area (Å²) in [6, 6.07) is 8.64. The van der Waals surface area contributed by atoms with Gasteiger partial charge in [-0.3, -0.25) is 0 Å². The molecule has 1 aromatic carbocycles. The van der Waals surface area contributed by atoms with Crippen molar-refractivity contribution >= 4 is 5.57 Å². The lowest BCUT2D eigenvalue weighted by molar-refractivity contribution is 0.504. The van der Waals surface area contributed by atoms with Crippen LogP contribution >= 0.6 is 0 Å².